The molecule has 2 atom stereocenters. The van der Waals surface area contributed by atoms with Gasteiger partial charge in [0.25, 0.3) is 0 Å². The van der Waals surface area contributed by atoms with E-state index in [1.807, 2.05) is 25.1 Å². The van der Waals surface area contributed by atoms with Crippen molar-refractivity contribution >= 4 is 47.0 Å². The second-order valence-electron chi connectivity index (χ2n) is 4.57. The fraction of sp³-hybridized carbons (Fsp3) is 0.429. The summed E-state index contributed by atoms with van der Waals surface area (Å²) in [5, 5.41) is 9.79. The van der Waals surface area contributed by atoms with Gasteiger partial charge in [-0.25, -0.2) is 4.79 Å². The Balaban J connectivity index is 2.04. The number of hydrogen-bond acceptors (Lipinski definition) is 4. The number of carboxylic acid groups (broad SMARTS) is 1. The third kappa shape index (κ3) is 3.87. The summed E-state index contributed by atoms with van der Waals surface area (Å²) in [5.74, 6) is -0.431. The second-order valence-corrected chi connectivity index (χ2v) is 7.21. The Bertz CT molecular complexity index is 541. The summed E-state index contributed by atoms with van der Waals surface area (Å²) in [7, 11) is 0. The number of aliphatic carboxylic acids is 1. The number of amides is 1. The van der Waals surface area contributed by atoms with Gasteiger partial charge in [-0.1, -0.05) is 30.7 Å². The zero-order chi connectivity index (χ0) is 15.4. The van der Waals surface area contributed by atoms with E-state index in [0.717, 1.165) is 11.3 Å². The van der Waals surface area contributed by atoms with Crippen molar-refractivity contribution in [2.24, 2.45) is 0 Å². The minimum Gasteiger partial charge on any atom is -0.480 e. The molecule has 1 fully saturated rings. The molecule has 1 aliphatic heterocycles. The van der Waals surface area contributed by atoms with E-state index in [2.05, 4.69) is 0 Å². The van der Waals surface area contributed by atoms with Gasteiger partial charge in [0.2, 0.25) is 5.91 Å². The van der Waals surface area contributed by atoms with Crippen molar-refractivity contribution in [1.82, 2.24) is 4.90 Å². The molecule has 0 saturated carbocycles. The minimum absolute atomic E-state index is 0.0505. The molecule has 0 bridgehead atoms. The average Bonchev–Trinajstić information content (AvgIpc) is 2.90. The molecule has 0 aliphatic carbocycles. The van der Waals surface area contributed by atoms with Crippen LogP contribution in [0.2, 0.25) is 5.02 Å². The molecule has 114 valence electrons. The molecular weight excluding hydrogens is 330 g/mol. The Morgan fingerprint density at radius 3 is 2.81 bits per heavy atom. The standard InChI is InChI=1S/C14H16ClNO3S2/c1-2-13-16(10(7-21-13)14(18)19)12(17)8-20-11-6-4-3-5-9(11)15/h3-6,10,13H,2,7-8H2,1H3,(H,18,19). The van der Waals surface area contributed by atoms with Gasteiger partial charge in [-0.05, 0) is 18.6 Å². The molecule has 1 amide bonds. The molecule has 0 radical (unpaired) electrons. The molecule has 1 heterocycles. The Morgan fingerprint density at radius 2 is 2.19 bits per heavy atom. The van der Waals surface area contributed by atoms with E-state index in [-0.39, 0.29) is 17.0 Å². The number of thioether (sulfide) groups is 2. The average molecular weight is 346 g/mol. The smallest absolute Gasteiger partial charge is 0.327 e. The van der Waals surface area contributed by atoms with E-state index >= 15 is 0 Å². The van der Waals surface area contributed by atoms with Gasteiger partial charge >= 0.3 is 5.97 Å². The lowest BCUT2D eigenvalue weighted by Gasteiger charge is -2.26. The fourth-order valence-electron chi connectivity index (χ4n) is 2.18. The van der Waals surface area contributed by atoms with Gasteiger partial charge in [-0.2, -0.15) is 0 Å². The summed E-state index contributed by atoms with van der Waals surface area (Å²) >= 11 is 8.93. The number of carbonyl (C=O) groups excluding carboxylic acids is 1. The van der Waals surface area contributed by atoms with Gasteiger partial charge in [-0.15, -0.1) is 23.5 Å². The zero-order valence-corrected chi connectivity index (χ0v) is 13.9. The molecule has 1 saturated heterocycles. The Hall–Kier alpha value is -0.850. The summed E-state index contributed by atoms with van der Waals surface area (Å²) in [6.07, 6.45) is 0.747. The highest BCUT2D eigenvalue weighted by Crippen LogP contribution is 2.33. The minimum atomic E-state index is -0.936. The van der Waals surface area contributed by atoms with E-state index in [1.54, 1.807) is 6.07 Å². The zero-order valence-electron chi connectivity index (χ0n) is 11.5. The maximum Gasteiger partial charge on any atom is 0.327 e. The third-order valence-corrected chi connectivity index (χ3v) is 6.16. The number of halogens is 1. The lowest BCUT2D eigenvalue weighted by atomic mass is 10.2. The largest absolute Gasteiger partial charge is 0.480 e. The number of nitrogens with zero attached hydrogens (tertiary/aromatic N) is 1. The summed E-state index contributed by atoms with van der Waals surface area (Å²) < 4.78 is 0. The maximum atomic E-state index is 12.4. The molecule has 4 nitrogen and oxygen atoms in total. The van der Waals surface area contributed by atoms with Crippen LogP contribution in [0.4, 0.5) is 0 Å². The van der Waals surface area contributed by atoms with E-state index in [1.165, 1.54) is 28.4 Å². The maximum absolute atomic E-state index is 12.4. The third-order valence-electron chi connectivity index (χ3n) is 3.20. The summed E-state index contributed by atoms with van der Waals surface area (Å²) in [5.41, 5.74) is 0. The van der Waals surface area contributed by atoms with Crippen LogP contribution in [-0.2, 0) is 9.59 Å². The van der Waals surface area contributed by atoms with Crippen molar-refractivity contribution in [3.05, 3.63) is 29.3 Å². The molecule has 1 aliphatic rings. The van der Waals surface area contributed by atoms with E-state index in [9.17, 15) is 14.7 Å². The first-order chi connectivity index (χ1) is 10.0. The van der Waals surface area contributed by atoms with Crippen molar-refractivity contribution in [3.8, 4) is 0 Å². The van der Waals surface area contributed by atoms with Crippen molar-refractivity contribution in [3.63, 3.8) is 0 Å². The molecule has 2 unspecified atom stereocenters. The van der Waals surface area contributed by atoms with Crippen LogP contribution in [0.25, 0.3) is 0 Å². The molecule has 1 aromatic carbocycles. The first kappa shape index (κ1) is 16.5. The van der Waals surface area contributed by atoms with Gasteiger partial charge in [0.15, 0.2) is 0 Å². The molecule has 0 aromatic heterocycles. The predicted octanol–water partition coefficient (Wildman–Crippen LogP) is 3.20. The predicted molar refractivity (Wildman–Crippen MR) is 87.0 cm³/mol. The van der Waals surface area contributed by atoms with Crippen molar-refractivity contribution < 1.29 is 14.7 Å². The number of carboxylic acids is 1. The van der Waals surface area contributed by atoms with Crippen molar-refractivity contribution in [1.29, 1.82) is 0 Å². The molecule has 21 heavy (non-hydrogen) atoms. The summed E-state index contributed by atoms with van der Waals surface area (Å²) in [6, 6.07) is 6.59. The van der Waals surface area contributed by atoms with Gasteiger partial charge in [-0.3, -0.25) is 4.79 Å². The molecule has 1 aromatic rings. The summed E-state index contributed by atoms with van der Waals surface area (Å²) in [4.78, 5) is 26.0. The van der Waals surface area contributed by atoms with Crippen LogP contribution in [-0.4, -0.2) is 44.8 Å². The van der Waals surface area contributed by atoms with Crippen LogP contribution in [0.15, 0.2) is 29.2 Å². The lowest BCUT2D eigenvalue weighted by Crippen LogP contribution is -2.46. The molecular formula is C14H16ClNO3S2. The first-order valence-corrected chi connectivity index (χ1v) is 8.98. The van der Waals surface area contributed by atoms with Gasteiger partial charge in [0.1, 0.15) is 6.04 Å². The number of hydrogen-bond donors (Lipinski definition) is 1. The van der Waals surface area contributed by atoms with Crippen molar-refractivity contribution in [2.45, 2.75) is 29.7 Å². The first-order valence-electron chi connectivity index (χ1n) is 6.57. The van der Waals surface area contributed by atoms with E-state index in [0.29, 0.717) is 10.8 Å². The van der Waals surface area contributed by atoms with Crippen LogP contribution in [0, 0.1) is 0 Å². The Labute approximate surface area is 137 Å². The van der Waals surface area contributed by atoms with Crippen LogP contribution in [0.5, 0.6) is 0 Å². The number of benzene rings is 1. The highest BCUT2D eigenvalue weighted by atomic mass is 35.5. The topological polar surface area (TPSA) is 57.6 Å². The number of rotatable bonds is 5. The second kappa shape index (κ2) is 7.42. The van der Waals surface area contributed by atoms with Crippen LogP contribution in [0.3, 0.4) is 0 Å². The van der Waals surface area contributed by atoms with Crippen LogP contribution < -0.4 is 0 Å². The highest BCUT2D eigenvalue weighted by molar-refractivity contribution is 8.00. The van der Waals surface area contributed by atoms with Crippen molar-refractivity contribution in [2.75, 3.05) is 11.5 Å². The molecule has 2 rings (SSSR count). The fourth-order valence-corrected chi connectivity index (χ4v) is 4.66. The van der Waals surface area contributed by atoms with Gasteiger partial charge < -0.3 is 10.0 Å². The number of carbonyl (C=O) groups is 2. The molecule has 7 heteroatoms. The van der Waals surface area contributed by atoms with Gasteiger partial charge in [0, 0.05) is 10.6 Å². The highest BCUT2D eigenvalue weighted by Gasteiger charge is 2.40. The summed E-state index contributed by atoms with van der Waals surface area (Å²) in [6.45, 7) is 1.96. The quantitative estimate of drug-likeness (QED) is 0.830. The van der Waals surface area contributed by atoms with E-state index in [4.69, 9.17) is 11.6 Å². The molecule has 1 N–H and O–H groups in total. The Kier molecular flexibility index (Phi) is 5.84. The lowest BCUT2D eigenvalue weighted by molar-refractivity contribution is -0.148. The normalized spacial score (nSPS) is 21.5. The Morgan fingerprint density at radius 1 is 1.48 bits per heavy atom. The van der Waals surface area contributed by atoms with Crippen LogP contribution >= 0.6 is 35.1 Å². The van der Waals surface area contributed by atoms with E-state index < -0.39 is 12.0 Å². The van der Waals surface area contributed by atoms with Crippen LogP contribution in [0.1, 0.15) is 13.3 Å². The SMILES string of the molecule is CCC1SCC(C(=O)O)N1C(=O)CSc1ccccc1Cl. The monoisotopic (exact) mass is 345 g/mol. The molecule has 0 spiro atoms. The van der Waals surface area contributed by atoms with Gasteiger partial charge in [0.05, 0.1) is 16.1 Å².